The normalized spacial score (nSPS) is 16.7. The summed E-state index contributed by atoms with van der Waals surface area (Å²) in [4.78, 5) is 23.4. The van der Waals surface area contributed by atoms with E-state index in [2.05, 4.69) is 0 Å². The molecule has 22 heavy (non-hydrogen) atoms. The zero-order valence-corrected chi connectivity index (χ0v) is 12.6. The van der Waals surface area contributed by atoms with E-state index in [1.54, 1.807) is 13.8 Å². The number of esters is 1. The third-order valence-electron chi connectivity index (χ3n) is 3.68. The molecule has 0 saturated heterocycles. The Kier molecular flexibility index (Phi) is 5.18. The first-order chi connectivity index (χ1) is 10.5. The van der Waals surface area contributed by atoms with E-state index < -0.39 is 24.7 Å². The number of ether oxygens (including phenoxy) is 1. The van der Waals surface area contributed by atoms with Crippen molar-refractivity contribution in [1.82, 2.24) is 0 Å². The van der Waals surface area contributed by atoms with Gasteiger partial charge in [0.1, 0.15) is 22.9 Å². The lowest BCUT2D eigenvalue weighted by atomic mass is 9.64. The molecule has 1 aromatic carbocycles. The van der Waals surface area contributed by atoms with Crippen molar-refractivity contribution in [3.05, 3.63) is 29.1 Å². The van der Waals surface area contributed by atoms with Gasteiger partial charge in [0.15, 0.2) is 0 Å². The molecule has 1 aromatic rings. The second-order valence-electron chi connectivity index (χ2n) is 5.20. The Morgan fingerprint density at radius 2 is 2.18 bits per heavy atom. The van der Waals surface area contributed by atoms with Crippen LogP contribution >= 0.6 is 0 Å². The van der Waals surface area contributed by atoms with Crippen LogP contribution in [0, 0.1) is 5.82 Å². The third kappa shape index (κ3) is 3.30. The molecular weight excluding hydrogens is 290 g/mol. The fourth-order valence-electron chi connectivity index (χ4n) is 2.50. The Bertz CT molecular complexity index is 590. The largest absolute Gasteiger partial charge is 0.535 e. The van der Waals surface area contributed by atoms with Gasteiger partial charge >= 0.3 is 13.1 Å². The van der Waals surface area contributed by atoms with E-state index >= 15 is 0 Å². The summed E-state index contributed by atoms with van der Waals surface area (Å²) in [5.74, 6) is -1.96. The average molecular weight is 308 g/mol. The molecule has 0 fully saturated rings. The van der Waals surface area contributed by atoms with Crippen molar-refractivity contribution < 1.29 is 28.4 Å². The molecule has 0 aliphatic carbocycles. The predicted octanol–water partition coefficient (Wildman–Crippen LogP) is 2.16. The molecule has 7 heteroatoms. The Morgan fingerprint density at radius 3 is 2.82 bits per heavy atom. The summed E-state index contributed by atoms with van der Waals surface area (Å²) >= 11 is 0. The number of rotatable bonds is 5. The Balaban J connectivity index is 2.32. The number of ketones is 1. The van der Waals surface area contributed by atoms with Crippen molar-refractivity contribution in [2.45, 2.75) is 38.9 Å². The summed E-state index contributed by atoms with van der Waals surface area (Å²) in [5.41, 5.74) is 0.280. The summed E-state index contributed by atoms with van der Waals surface area (Å²) in [6.45, 7) is 3.48. The highest BCUT2D eigenvalue weighted by molar-refractivity contribution is 6.47. The first-order valence-corrected chi connectivity index (χ1v) is 7.32. The molecule has 0 bridgehead atoms. The maximum Gasteiger partial charge on any atom is 0.526 e. The maximum absolute atomic E-state index is 13.9. The van der Waals surface area contributed by atoms with E-state index in [0.29, 0.717) is 18.4 Å². The lowest BCUT2D eigenvalue weighted by Crippen LogP contribution is -2.36. The van der Waals surface area contributed by atoms with Gasteiger partial charge in [-0.3, -0.25) is 4.79 Å². The van der Waals surface area contributed by atoms with Crippen LogP contribution in [-0.4, -0.2) is 30.5 Å². The number of hydrogen-bond acceptors (Lipinski definition) is 5. The molecule has 1 aliphatic rings. The van der Waals surface area contributed by atoms with E-state index in [1.807, 2.05) is 0 Å². The SMILES string of the molecule is CCOC(=O)c1c(F)ccc2c1OB(O)[C@@H](CC(=O)CC)C2. The molecule has 0 radical (unpaired) electrons. The van der Waals surface area contributed by atoms with Crippen LogP contribution in [0.3, 0.4) is 0 Å². The van der Waals surface area contributed by atoms with Gasteiger partial charge in [-0.25, -0.2) is 9.18 Å². The van der Waals surface area contributed by atoms with Gasteiger partial charge in [0.25, 0.3) is 0 Å². The van der Waals surface area contributed by atoms with Crippen molar-refractivity contribution in [2.75, 3.05) is 6.61 Å². The average Bonchev–Trinajstić information content (AvgIpc) is 2.48. The molecule has 0 saturated carbocycles. The molecular formula is C15H18BFO5. The monoisotopic (exact) mass is 308 g/mol. The van der Waals surface area contributed by atoms with Crippen LogP contribution in [0.2, 0.25) is 5.82 Å². The minimum atomic E-state index is -1.25. The van der Waals surface area contributed by atoms with Gasteiger partial charge in [0, 0.05) is 18.7 Å². The highest BCUT2D eigenvalue weighted by Gasteiger charge is 2.38. The van der Waals surface area contributed by atoms with Crippen molar-refractivity contribution in [2.24, 2.45) is 0 Å². The summed E-state index contributed by atoms with van der Waals surface area (Å²) in [6, 6.07) is 2.67. The standard InChI is InChI=1S/C15H18BFO5/c1-3-11(18)8-10-7-9-5-6-12(17)13(15(19)21-4-2)14(9)22-16(10)20/h5-6,10,20H,3-4,7-8H2,1-2H3/t10-/m1/s1. The summed E-state index contributed by atoms with van der Waals surface area (Å²) in [6.07, 6.45) is 0.908. The molecule has 5 nitrogen and oxygen atoms in total. The number of Topliss-reactive ketones (excluding diaryl/α,β-unsaturated/α-hetero) is 1. The van der Waals surface area contributed by atoms with Crippen molar-refractivity contribution >= 4 is 18.9 Å². The Labute approximate surface area is 128 Å². The zero-order valence-electron chi connectivity index (χ0n) is 12.6. The van der Waals surface area contributed by atoms with Gasteiger partial charge in [-0.15, -0.1) is 0 Å². The molecule has 1 heterocycles. The van der Waals surface area contributed by atoms with E-state index in [4.69, 9.17) is 9.39 Å². The third-order valence-corrected chi connectivity index (χ3v) is 3.68. The van der Waals surface area contributed by atoms with Gasteiger partial charge in [-0.05, 0) is 25.0 Å². The lowest BCUT2D eigenvalue weighted by molar-refractivity contribution is -0.118. The smallest absolute Gasteiger partial charge is 0.526 e. The zero-order chi connectivity index (χ0) is 16.3. The lowest BCUT2D eigenvalue weighted by Gasteiger charge is -2.28. The summed E-state index contributed by atoms with van der Waals surface area (Å²) in [7, 11) is -1.25. The van der Waals surface area contributed by atoms with Gasteiger partial charge < -0.3 is 14.4 Å². The second-order valence-corrected chi connectivity index (χ2v) is 5.20. The first kappa shape index (κ1) is 16.5. The quantitative estimate of drug-likeness (QED) is 0.666. The molecule has 0 amide bonds. The van der Waals surface area contributed by atoms with Crippen LogP contribution < -0.4 is 4.65 Å². The minimum absolute atomic E-state index is 0.00569. The molecule has 0 aromatic heterocycles. The van der Waals surface area contributed by atoms with E-state index in [-0.39, 0.29) is 30.1 Å². The van der Waals surface area contributed by atoms with Crippen molar-refractivity contribution in [3.63, 3.8) is 0 Å². The van der Waals surface area contributed by atoms with Gasteiger partial charge in [-0.2, -0.15) is 0 Å². The molecule has 1 atom stereocenters. The number of carbonyl (C=O) groups excluding carboxylic acids is 2. The van der Waals surface area contributed by atoms with E-state index in [0.717, 1.165) is 0 Å². The molecule has 0 spiro atoms. The number of fused-ring (bicyclic) bond motifs is 1. The molecule has 1 N–H and O–H groups in total. The predicted molar refractivity (Wildman–Crippen MR) is 78.3 cm³/mol. The number of halogens is 1. The molecule has 0 unspecified atom stereocenters. The van der Waals surface area contributed by atoms with Crippen LogP contribution in [0.1, 0.15) is 42.6 Å². The highest BCUT2D eigenvalue weighted by Crippen LogP contribution is 2.37. The fraction of sp³-hybridized carbons (Fsp3) is 0.467. The highest BCUT2D eigenvalue weighted by atomic mass is 19.1. The van der Waals surface area contributed by atoms with Crippen LogP contribution in [0.4, 0.5) is 4.39 Å². The van der Waals surface area contributed by atoms with Gasteiger partial charge in [0.2, 0.25) is 0 Å². The van der Waals surface area contributed by atoms with Crippen LogP contribution in [-0.2, 0) is 16.0 Å². The van der Waals surface area contributed by atoms with Crippen molar-refractivity contribution in [3.8, 4) is 5.75 Å². The van der Waals surface area contributed by atoms with E-state index in [1.165, 1.54) is 12.1 Å². The Morgan fingerprint density at radius 1 is 1.45 bits per heavy atom. The van der Waals surface area contributed by atoms with Crippen LogP contribution in [0.25, 0.3) is 0 Å². The molecule has 1 aliphatic heterocycles. The molecule has 2 rings (SSSR count). The van der Waals surface area contributed by atoms with Gasteiger partial charge in [0.05, 0.1) is 6.61 Å². The molecule has 118 valence electrons. The number of carbonyl (C=O) groups is 2. The van der Waals surface area contributed by atoms with Crippen LogP contribution in [0.5, 0.6) is 5.75 Å². The maximum atomic E-state index is 13.9. The summed E-state index contributed by atoms with van der Waals surface area (Å²) in [5, 5.41) is 10.0. The van der Waals surface area contributed by atoms with Crippen LogP contribution in [0.15, 0.2) is 12.1 Å². The first-order valence-electron chi connectivity index (χ1n) is 7.32. The Hall–Kier alpha value is -1.89. The topological polar surface area (TPSA) is 72.8 Å². The van der Waals surface area contributed by atoms with E-state index in [9.17, 15) is 19.0 Å². The van der Waals surface area contributed by atoms with Gasteiger partial charge in [-0.1, -0.05) is 13.0 Å². The second kappa shape index (κ2) is 6.92. The fourth-order valence-corrected chi connectivity index (χ4v) is 2.50. The van der Waals surface area contributed by atoms with Crippen molar-refractivity contribution in [1.29, 1.82) is 0 Å². The number of benzene rings is 1. The minimum Gasteiger partial charge on any atom is -0.535 e. The summed E-state index contributed by atoms with van der Waals surface area (Å²) < 4.78 is 24.1. The number of hydrogen-bond donors (Lipinski definition) is 1.